The summed E-state index contributed by atoms with van der Waals surface area (Å²) in [6.45, 7) is 3.08. The van der Waals surface area contributed by atoms with Crippen molar-refractivity contribution < 1.29 is 4.39 Å². The second-order valence-corrected chi connectivity index (χ2v) is 6.66. The van der Waals surface area contributed by atoms with Gasteiger partial charge < -0.3 is 5.32 Å². The van der Waals surface area contributed by atoms with E-state index in [1.54, 1.807) is 17.4 Å². The van der Waals surface area contributed by atoms with Crippen LogP contribution < -0.4 is 5.32 Å². The Hall–Kier alpha value is -0.900. The fourth-order valence-electron chi connectivity index (χ4n) is 2.20. The minimum absolute atomic E-state index is 0.125. The van der Waals surface area contributed by atoms with Gasteiger partial charge >= 0.3 is 0 Å². The van der Waals surface area contributed by atoms with Gasteiger partial charge in [-0.25, -0.2) is 4.39 Å². The molecule has 0 aliphatic carbocycles. The van der Waals surface area contributed by atoms with E-state index >= 15 is 0 Å². The van der Waals surface area contributed by atoms with Crippen molar-refractivity contribution in [2.24, 2.45) is 0 Å². The molecule has 0 amide bonds. The lowest BCUT2D eigenvalue weighted by atomic mass is 10.0. The molecule has 0 aliphatic heterocycles. The molecule has 0 bridgehead atoms. The Kier molecular flexibility index (Phi) is 6.02. The van der Waals surface area contributed by atoms with Crippen molar-refractivity contribution in [3.63, 3.8) is 0 Å². The summed E-state index contributed by atoms with van der Waals surface area (Å²) in [7, 11) is 0. The Balaban J connectivity index is 2.05. The van der Waals surface area contributed by atoms with E-state index in [0.29, 0.717) is 6.42 Å². The van der Waals surface area contributed by atoms with Gasteiger partial charge in [-0.3, -0.25) is 0 Å². The van der Waals surface area contributed by atoms with Crippen LogP contribution in [0.1, 0.15) is 23.8 Å². The Morgan fingerprint density at radius 1 is 1.20 bits per heavy atom. The van der Waals surface area contributed by atoms with Crippen molar-refractivity contribution in [1.29, 1.82) is 0 Å². The van der Waals surface area contributed by atoms with Crippen molar-refractivity contribution >= 4 is 22.9 Å². The zero-order valence-corrected chi connectivity index (χ0v) is 13.1. The first-order valence-electron chi connectivity index (χ1n) is 6.90. The lowest BCUT2D eigenvalue weighted by Crippen LogP contribution is -2.33. The third-order valence-electron chi connectivity index (χ3n) is 3.18. The number of nitrogens with one attached hydrogen (secondary N) is 1. The van der Waals surface area contributed by atoms with E-state index < -0.39 is 0 Å². The molecule has 2 aromatic rings. The van der Waals surface area contributed by atoms with Crippen molar-refractivity contribution in [2.45, 2.75) is 32.2 Å². The minimum Gasteiger partial charge on any atom is -0.313 e. The smallest absolute Gasteiger partial charge is 0.126 e. The molecule has 0 saturated carbocycles. The molecule has 0 radical (unpaired) electrons. The third kappa shape index (κ3) is 4.58. The highest BCUT2D eigenvalue weighted by Crippen LogP contribution is 2.23. The topological polar surface area (TPSA) is 12.0 Å². The molecule has 1 aromatic carbocycles. The van der Waals surface area contributed by atoms with Crippen molar-refractivity contribution in [3.05, 3.63) is 57.0 Å². The molecule has 108 valence electrons. The Morgan fingerprint density at radius 2 is 2.00 bits per heavy atom. The highest BCUT2D eigenvalue weighted by atomic mass is 35.5. The molecular weight excluding hydrogens is 293 g/mol. The number of halogens is 2. The average molecular weight is 312 g/mol. The van der Waals surface area contributed by atoms with E-state index in [0.717, 1.165) is 29.3 Å². The van der Waals surface area contributed by atoms with Crippen LogP contribution in [0.5, 0.6) is 0 Å². The Bertz CT molecular complexity index is 541. The molecule has 0 fully saturated rings. The molecule has 1 N–H and O–H groups in total. The predicted octanol–water partition coefficient (Wildman–Crippen LogP) is 4.69. The van der Waals surface area contributed by atoms with Gasteiger partial charge in [0.05, 0.1) is 4.34 Å². The molecule has 20 heavy (non-hydrogen) atoms. The SMILES string of the molecule is CCCNC(Cc1ccc(Cl)s1)Cc1ccccc1F. The molecule has 1 atom stereocenters. The summed E-state index contributed by atoms with van der Waals surface area (Å²) in [5.41, 5.74) is 0.767. The summed E-state index contributed by atoms with van der Waals surface area (Å²) in [5, 5.41) is 3.50. The van der Waals surface area contributed by atoms with Gasteiger partial charge in [0.2, 0.25) is 0 Å². The van der Waals surface area contributed by atoms with Gasteiger partial charge in [-0.15, -0.1) is 11.3 Å². The van der Waals surface area contributed by atoms with Crippen LogP contribution in [0.2, 0.25) is 4.34 Å². The highest BCUT2D eigenvalue weighted by molar-refractivity contribution is 7.16. The lowest BCUT2D eigenvalue weighted by molar-refractivity contribution is 0.494. The van der Waals surface area contributed by atoms with Gasteiger partial charge in [-0.2, -0.15) is 0 Å². The summed E-state index contributed by atoms with van der Waals surface area (Å²) in [5.74, 6) is -0.125. The normalized spacial score (nSPS) is 12.6. The van der Waals surface area contributed by atoms with Crippen molar-refractivity contribution in [3.8, 4) is 0 Å². The van der Waals surface area contributed by atoms with E-state index in [1.165, 1.54) is 10.9 Å². The van der Waals surface area contributed by atoms with Crippen LogP contribution in [-0.2, 0) is 12.8 Å². The van der Waals surface area contributed by atoms with Gasteiger partial charge in [0, 0.05) is 10.9 Å². The molecule has 1 aromatic heterocycles. The van der Waals surface area contributed by atoms with Gasteiger partial charge in [-0.1, -0.05) is 36.7 Å². The van der Waals surface area contributed by atoms with Crippen LogP contribution in [-0.4, -0.2) is 12.6 Å². The molecule has 1 unspecified atom stereocenters. The zero-order chi connectivity index (χ0) is 14.4. The van der Waals surface area contributed by atoms with Crippen LogP contribution in [0.25, 0.3) is 0 Å². The number of benzene rings is 1. The molecule has 2 rings (SSSR count). The molecule has 0 saturated heterocycles. The van der Waals surface area contributed by atoms with Crippen LogP contribution >= 0.6 is 22.9 Å². The molecular formula is C16H19ClFNS. The van der Waals surface area contributed by atoms with Crippen LogP contribution in [0.3, 0.4) is 0 Å². The maximum atomic E-state index is 13.8. The molecule has 0 aliphatic rings. The van der Waals surface area contributed by atoms with Crippen LogP contribution in [0.15, 0.2) is 36.4 Å². The van der Waals surface area contributed by atoms with Gasteiger partial charge in [0.25, 0.3) is 0 Å². The first-order chi connectivity index (χ1) is 9.69. The summed E-state index contributed by atoms with van der Waals surface area (Å²) >= 11 is 7.57. The molecule has 4 heteroatoms. The van der Waals surface area contributed by atoms with Crippen molar-refractivity contribution in [1.82, 2.24) is 5.32 Å². The second-order valence-electron chi connectivity index (χ2n) is 4.86. The number of hydrogen-bond donors (Lipinski definition) is 1. The maximum Gasteiger partial charge on any atom is 0.126 e. The van der Waals surface area contributed by atoms with E-state index in [4.69, 9.17) is 11.6 Å². The Morgan fingerprint density at radius 3 is 2.65 bits per heavy atom. The molecule has 0 spiro atoms. The lowest BCUT2D eigenvalue weighted by Gasteiger charge is -2.18. The fourth-order valence-corrected chi connectivity index (χ4v) is 3.37. The zero-order valence-electron chi connectivity index (χ0n) is 11.5. The number of thiophene rings is 1. The standard InChI is InChI=1S/C16H19ClFNS/c1-2-9-19-13(11-14-7-8-16(17)20-14)10-12-5-3-4-6-15(12)18/h3-8,13,19H,2,9-11H2,1H3. The minimum atomic E-state index is -0.125. The summed E-state index contributed by atoms with van der Waals surface area (Å²) in [6.07, 6.45) is 2.65. The van der Waals surface area contributed by atoms with E-state index in [2.05, 4.69) is 18.3 Å². The summed E-state index contributed by atoms with van der Waals surface area (Å²) in [6, 6.07) is 11.2. The van der Waals surface area contributed by atoms with Crippen LogP contribution in [0, 0.1) is 5.82 Å². The highest BCUT2D eigenvalue weighted by Gasteiger charge is 2.13. The van der Waals surface area contributed by atoms with Gasteiger partial charge in [-0.05, 0) is 49.6 Å². The second kappa shape index (κ2) is 7.77. The van der Waals surface area contributed by atoms with Gasteiger partial charge in [0.1, 0.15) is 5.82 Å². The first kappa shape index (κ1) is 15.5. The molecule has 1 nitrogen and oxygen atoms in total. The summed E-state index contributed by atoms with van der Waals surface area (Å²) < 4.78 is 14.6. The molecule has 1 heterocycles. The van der Waals surface area contributed by atoms with Crippen LogP contribution in [0.4, 0.5) is 4.39 Å². The van der Waals surface area contributed by atoms with Gasteiger partial charge in [0.15, 0.2) is 0 Å². The van der Waals surface area contributed by atoms with E-state index in [1.807, 2.05) is 18.2 Å². The number of rotatable bonds is 7. The first-order valence-corrected chi connectivity index (χ1v) is 8.09. The Labute approximate surface area is 128 Å². The maximum absolute atomic E-state index is 13.8. The van der Waals surface area contributed by atoms with Crippen molar-refractivity contribution in [2.75, 3.05) is 6.54 Å². The third-order valence-corrected chi connectivity index (χ3v) is 4.44. The fraction of sp³-hybridized carbons (Fsp3) is 0.375. The monoisotopic (exact) mass is 311 g/mol. The summed E-state index contributed by atoms with van der Waals surface area (Å²) in [4.78, 5) is 1.24. The quantitative estimate of drug-likeness (QED) is 0.782. The average Bonchev–Trinajstić information content (AvgIpc) is 2.84. The largest absolute Gasteiger partial charge is 0.313 e. The van der Waals surface area contributed by atoms with E-state index in [-0.39, 0.29) is 11.9 Å². The number of hydrogen-bond acceptors (Lipinski definition) is 2. The van der Waals surface area contributed by atoms with E-state index in [9.17, 15) is 4.39 Å². The predicted molar refractivity (Wildman–Crippen MR) is 85.2 cm³/mol.